The van der Waals surface area contributed by atoms with Gasteiger partial charge in [-0.25, -0.2) is 4.79 Å². The maximum Gasteiger partial charge on any atom is 0.417 e. The Morgan fingerprint density at radius 2 is 1.93 bits per heavy atom. The third-order valence-electron chi connectivity index (χ3n) is 5.48. The Balaban J connectivity index is 1.26. The topological polar surface area (TPSA) is 78.3 Å². The standard InChI is InChI=1S/C22H25N3O3/c1-15-2-4-16(5-3-15)12-17-8-10-25(11-9-17)21(26)14-23-18-6-7-19-20(13-18)28-22(27)24-19/h2-7,13,17,23H,8-12,14H2,1H3,(H,24,27). The Morgan fingerprint density at radius 1 is 1.18 bits per heavy atom. The van der Waals surface area contributed by atoms with Crippen LogP contribution in [0, 0.1) is 12.8 Å². The van der Waals surface area contributed by atoms with Crippen molar-refractivity contribution in [1.82, 2.24) is 9.88 Å². The minimum absolute atomic E-state index is 0.101. The van der Waals surface area contributed by atoms with Crippen molar-refractivity contribution in [2.45, 2.75) is 26.2 Å². The van der Waals surface area contributed by atoms with Gasteiger partial charge < -0.3 is 14.6 Å². The number of fused-ring (bicyclic) bond motifs is 1. The summed E-state index contributed by atoms with van der Waals surface area (Å²) in [7, 11) is 0. The molecule has 1 aliphatic rings. The molecule has 6 nitrogen and oxygen atoms in total. The van der Waals surface area contributed by atoms with Gasteiger partial charge in [0.1, 0.15) is 0 Å². The first kappa shape index (κ1) is 18.3. The van der Waals surface area contributed by atoms with E-state index in [1.165, 1.54) is 11.1 Å². The number of benzene rings is 2. The van der Waals surface area contributed by atoms with Gasteiger partial charge in [-0.05, 0) is 49.8 Å². The van der Waals surface area contributed by atoms with Crippen LogP contribution in [-0.4, -0.2) is 35.4 Å². The first-order valence-electron chi connectivity index (χ1n) is 9.77. The number of aromatic amines is 1. The minimum atomic E-state index is -0.475. The fourth-order valence-corrected chi connectivity index (χ4v) is 3.79. The molecule has 0 saturated carbocycles. The van der Waals surface area contributed by atoms with Crippen LogP contribution in [0.25, 0.3) is 11.1 Å². The molecule has 6 heteroatoms. The van der Waals surface area contributed by atoms with E-state index < -0.39 is 5.76 Å². The van der Waals surface area contributed by atoms with E-state index in [4.69, 9.17) is 4.42 Å². The third kappa shape index (κ3) is 4.27. The summed E-state index contributed by atoms with van der Waals surface area (Å²) in [5, 5.41) is 3.13. The maximum atomic E-state index is 12.5. The van der Waals surface area contributed by atoms with Gasteiger partial charge in [0.15, 0.2) is 5.58 Å². The third-order valence-corrected chi connectivity index (χ3v) is 5.48. The number of piperidine rings is 1. The Hall–Kier alpha value is -3.02. The number of oxazole rings is 1. The number of amides is 1. The zero-order valence-corrected chi connectivity index (χ0v) is 16.0. The summed E-state index contributed by atoms with van der Waals surface area (Å²) in [6.07, 6.45) is 3.17. The predicted molar refractivity (Wildman–Crippen MR) is 110 cm³/mol. The highest BCUT2D eigenvalue weighted by atomic mass is 16.4. The van der Waals surface area contributed by atoms with Crippen molar-refractivity contribution in [3.63, 3.8) is 0 Å². The van der Waals surface area contributed by atoms with Crippen molar-refractivity contribution in [3.8, 4) is 0 Å². The summed E-state index contributed by atoms with van der Waals surface area (Å²) in [6.45, 7) is 3.96. The molecule has 1 amide bonds. The monoisotopic (exact) mass is 379 g/mol. The van der Waals surface area contributed by atoms with Gasteiger partial charge in [-0.2, -0.15) is 0 Å². The second kappa shape index (κ2) is 7.92. The smallest absolute Gasteiger partial charge is 0.408 e. The molecule has 0 atom stereocenters. The molecule has 3 aromatic rings. The molecule has 0 bridgehead atoms. The van der Waals surface area contributed by atoms with Crippen molar-refractivity contribution in [1.29, 1.82) is 0 Å². The molecule has 2 heterocycles. The van der Waals surface area contributed by atoms with E-state index in [2.05, 4.69) is 41.5 Å². The number of aromatic nitrogens is 1. The average molecular weight is 379 g/mol. The maximum absolute atomic E-state index is 12.5. The van der Waals surface area contributed by atoms with Crippen LogP contribution in [0.5, 0.6) is 0 Å². The highest BCUT2D eigenvalue weighted by Gasteiger charge is 2.22. The van der Waals surface area contributed by atoms with Gasteiger partial charge in [-0.3, -0.25) is 9.78 Å². The Labute approximate surface area is 163 Å². The van der Waals surface area contributed by atoms with Gasteiger partial charge in [0, 0.05) is 24.8 Å². The van der Waals surface area contributed by atoms with Gasteiger partial charge in [0.25, 0.3) is 0 Å². The van der Waals surface area contributed by atoms with Gasteiger partial charge in [0.2, 0.25) is 5.91 Å². The number of nitrogens with one attached hydrogen (secondary N) is 2. The second-order valence-corrected chi connectivity index (χ2v) is 7.59. The number of carbonyl (C=O) groups excluding carboxylic acids is 1. The van der Waals surface area contributed by atoms with E-state index in [9.17, 15) is 9.59 Å². The molecule has 4 rings (SSSR count). The Bertz CT molecular complexity index is 1010. The predicted octanol–water partition coefficient (Wildman–Crippen LogP) is 3.32. The molecule has 2 N–H and O–H groups in total. The van der Waals surface area contributed by atoms with Crippen LogP contribution >= 0.6 is 0 Å². The number of carbonyl (C=O) groups is 1. The zero-order valence-electron chi connectivity index (χ0n) is 16.0. The van der Waals surface area contributed by atoms with Crippen LogP contribution in [-0.2, 0) is 11.2 Å². The largest absolute Gasteiger partial charge is 0.417 e. The van der Waals surface area contributed by atoms with Crippen molar-refractivity contribution in [2.24, 2.45) is 5.92 Å². The van der Waals surface area contributed by atoms with Gasteiger partial charge in [0.05, 0.1) is 12.1 Å². The lowest BCUT2D eigenvalue weighted by molar-refractivity contribution is -0.130. The van der Waals surface area contributed by atoms with Crippen LogP contribution in [0.3, 0.4) is 0 Å². The normalized spacial score (nSPS) is 15.1. The molecule has 146 valence electrons. The van der Waals surface area contributed by atoms with Crippen LogP contribution < -0.4 is 11.1 Å². The zero-order chi connectivity index (χ0) is 19.5. The molecule has 28 heavy (non-hydrogen) atoms. The highest BCUT2D eigenvalue weighted by Crippen LogP contribution is 2.22. The lowest BCUT2D eigenvalue weighted by Crippen LogP contribution is -2.41. The van der Waals surface area contributed by atoms with E-state index in [0.29, 0.717) is 17.0 Å². The van der Waals surface area contributed by atoms with Crippen molar-refractivity contribution < 1.29 is 9.21 Å². The molecular formula is C22H25N3O3. The lowest BCUT2D eigenvalue weighted by atomic mass is 9.90. The summed E-state index contributed by atoms with van der Waals surface area (Å²) in [5.41, 5.74) is 4.56. The van der Waals surface area contributed by atoms with Crippen molar-refractivity contribution >= 4 is 22.7 Å². The minimum Gasteiger partial charge on any atom is -0.408 e. The molecule has 0 aliphatic carbocycles. The van der Waals surface area contributed by atoms with Crippen LogP contribution in [0.1, 0.15) is 24.0 Å². The average Bonchev–Trinajstić information content (AvgIpc) is 3.08. The number of rotatable bonds is 5. The number of H-pyrrole nitrogens is 1. The van der Waals surface area contributed by atoms with E-state index in [1.54, 1.807) is 12.1 Å². The molecule has 0 radical (unpaired) electrons. The number of hydrogen-bond donors (Lipinski definition) is 2. The van der Waals surface area contributed by atoms with Gasteiger partial charge in [-0.15, -0.1) is 0 Å². The number of anilines is 1. The summed E-state index contributed by atoms with van der Waals surface area (Å²) in [6, 6.07) is 14.1. The van der Waals surface area contributed by atoms with E-state index in [1.807, 2.05) is 11.0 Å². The SMILES string of the molecule is Cc1ccc(CC2CCN(C(=O)CNc3ccc4[nH]c(=O)oc4c3)CC2)cc1. The number of nitrogens with zero attached hydrogens (tertiary/aromatic N) is 1. The first-order chi connectivity index (χ1) is 13.6. The number of hydrogen-bond acceptors (Lipinski definition) is 4. The molecule has 1 aromatic heterocycles. The molecular weight excluding hydrogens is 354 g/mol. The number of aryl methyl sites for hydroxylation is 1. The van der Waals surface area contributed by atoms with E-state index in [0.717, 1.165) is 38.0 Å². The fourth-order valence-electron chi connectivity index (χ4n) is 3.79. The molecule has 2 aromatic carbocycles. The second-order valence-electron chi connectivity index (χ2n) is 7.59. The quantitative estimate of drug-likeness (QED) is 0.713. The van der Waals surface area contributed by atoms with E-state index >= 15 is 0 Å². The summed E-state index contributed by atoms with van der Waals surface area (Å²) < 4.78 is 5.05. The molecule has 0 spiro atoms. The summed E-state index contributed by atoms with van der Waals surface area (Å²) in [4.78, 5) is 28.3. The summed E-state index contributed by atoms with van der Waals surface area (Å²) >= 11 is 0. The number of likely N-dealkylation sites (tertiary alicyclic amines) is 1. The van der Waals surface area contributed by atoms with Gasteiger partial charge in [-0.1, -0.05) is 29.8 Å². The van der Waals surface area contributed by atoms with Crippen molar-refractivity contribution in [3.05, 3.63) is 64.1 Å². The first-order valence-corrected chi connectivity index (χ1v) is 9.77. The van der Waals surface area contributed by atoms with Gasteiger partial charge >= 0.3 is 5.76 Å². The Morgan fingerprint density at radius 3 is 2.68 bits per heavy atom. The van der Waals surface area contributed by atoms with Crippen molar-refractivity contribution in [2.75, 3.05) is 25.0 Å². The molecule has 1 saturated heterocycles. The van der Waals surface area contributed by atoms with Crippen LogP contribution in [0.15, 0.2) is 51.7 Å². The Kier molecular flexibility index (Phi) is 5.19. The van der Waals surface area contributed by atoms with E-state index in [-0.39, 0.29) is 12.5 Å². The van der Waals surface area contributed by atoms with Crippen LogP contribution in [0.2, 0.25) is 0 Å². The van der Waals surface area contributed by atoms with Crippen LogP contribution in [0.4, 0.5) is 5.69 Å². The summed E-state index contributed by atoms with van der Waals surface area (Å²) in [5.74, 6) is 0.264. The lowest BCUT2D eigenvalue weighted by Gasteiger charge is -2.32. The fraction of sp³-hybridized carbons (Fsp3) is 0.364. The highest BCUT2D eigenvalue weighted by molar-refractivity contribution is 5.82. The molecule has 1 aliphatic heterocycles. The molecule has 0 unspecified atom stereocenters. The molecule has 1 fully saturated rings.